The molecule has 2 heterocycles. The van der Waals surface area contributed by atoms with Crippen molar-refractivity contribution in [2.75, 3.05) is 0 Å². The standard InChI is InChI=1S/C66H34N8/c67-35-41-6-1-11-46(24-41)51-16-20-56-57-21-17-52(47-12-2-7-42(25-47)36-68)30-62(57)73(61(56)29-51)65-33-55(50-15-5-10-45(28-50)39-71)34-66(60(65)40-72)74-63-31-53(48-13-3-8-43(26-48)37-69)18-22-58(63)59-23-19-54(32-64(59)74)49-14-4-9-44(27-49)38-70/h1-34H. The minimum absolute atomic E-state index is 0.366. The van der Waals surface area contributed by atoms with E-state index < -0.39 is 0 Å². The van der Waals surface area contributed by atoms with E-state index in [2.05, 4.69) is 118 Å². The molecule has 10 aromatic carbocycles. The number of hydrogen-bond donors (Lipinski definition) is 0. The Balaban J connectivity index is 1.23. The third kappa shape index (κ3) is 7.44. The van der Waals surface area contributed by atoms with Crippen molar-refractivity contribution < 1.29 is 0 Å². The molecular formula is C66H34N8. The average Bonchev–Trinajstić information content (AvgIpc) is 3.97. The van der Waals surface area contributed by atoms with Crippen LogP contribution in [-0.2, 0) is 0 Å². The van der Waals surface area contributed by atoms with Gasteiger partial charge in [0, 0.05) is 21.5 Å². The molecule has 2 aromatic heterocycles. The highest BCUT2D eigenvalue weighted by atomic mass is 15.0. The maximum atomic E-state index is 11.9. The minimum atomic E-state index is 0.366. The maximum absolute atomic E-state index is 11.9. The van der Waals surface area contributed by atoms with Gasteiger partial charge in [-0.25, -0.2) is 0 Å². The van der Waals surface area contributed by atoms with Gasteiger partial charge in [0.1, 0.15) is 11.6 Å². The van der Waals surface area contributed by atoms with Crippen LogP contribution in [0.3, 0.4) is 0 Å². The number of nitriles is 6. The van der Waals surface area contributed by atoms with Crippen molar-refractivity contribution in [2.45, 2.75) is 0 Å². The molecule has 338 valence electrons. The zero-order valence-corrected chi connectivity index (χ0v) is 39.2. The van der Waals surface area contributed by atoms with E-state index in [-0.39, 0.29) is 0 Å². The van der Waals surface area contributed by atoms with Crippen LogP contribution >= 0.6 is 0 Å². The molecule has 0 atom stereocenters. The van der Waals surface area contributed by atoms with E-state index in [9.17, 15) is 31.6 Å². The quantitative estimate of drug-likeness (QED) is 0.155. The summed E-state index contributed by atoms with van der Waals surface area (Å²) in [6.07, 6.45) is 0. The van der Waals surface area contributed by atoms with Crippen LogP contribution in [0.15, 0.2) is 206 Å². The van der Waals surface area contributed by atoms with Gasteiger partial charge in [-0.15, -0.1) is 0 Å². The van der Waals surface area contributed by atoms with Crippen molar-refractivity contribution in [3.05, 3.63) is 240 Å². The van der Waals surface area contributed by atoms with E-state index in [0.29, 0.717) is 44.8 Å². The molecule has 0 aliphatic carbocycles. The van der Waals surface area contributed by atoms with Gasteiger partial charge in [0.05, 0.1) is 91.6 Å². The maximum Gasteiger partial charge on any atom is 0.104 e. The highest BCUT2D eigenvalue weighted by Gasteiger charge is 2.24. The van der Waals surface area contributed by atoms with Crippen LogP contribution in [0.4, 0.5) is 0 Å². The number of aromatic nitrogens is 2. The van der Waals surface area contributed by atoms with Crippen LogP contribution in [0.2, 0.25) is 0 Å². The predicted octanol–water partition coefficient (Wildman–Crippen LogP) is 15.4. The van der Waals surface area contributed by atoms with Gasteiger partial charge in [-0.1, -0.05) is 109 Å². The largest absolute Gasteiger partial charge is 0.308 e. The van der Waals surface area contributed by atoms with Crippen molar-refractivity contribution >= 4 is 43.6 Å². The number of benzene rings is 10. The first-order valence-electron chi connectivity index (χ1n) is 23.6. The fourth-order valence-corrected chi connectivity index (χ4v) is 10.4. The fourth-order valence-electron chi connectivity index (χ4n) is 10.4. The van der Waals surface area contributed by atoms with Crippen molar-refractivity contribution in [3.8, 4) is 103 Å². The van der Waals surface area contributed by atoms with E-state index in [1.807, 2.05) is 103 Å². The second-order valence-corrected chi connectivity index (χ2v) is 18.1. The molecule has 0 saturated carbocycles. The fraction of sp³-hybridized carbons (Fsp3) is 0. The molecule has 0 N–H and O–H groups in total. The van der Waals surface area contributed by atoms with Gasteiger partial charge in [-0.3, -0.25) is 0 Å². The van der Waals surface area contributed by atoms with E-state index in [0.717, 1.165) is 99.2 Å². The Bertz CT molecular complexity index is 4150. The summed E-state index contributed by atoms with van der Waals surface area (Å²) in [7, 11) is 0. The van der Waals surface area contributed by atoms with E-state index in [4.69, 9.17) is 0 Å². The summed E-state index contributed by atoms with van der Waals surface area (Å²) in [5, 5.41) is 65.6. The zero-order chi connectivity index (χ0) is 50.5. The summed E-state index contributed by atoms with van der Waals surface area (Å²) in [6, 6.07) is 80.6. The first kappa shape index (κ1) is 44.0. The Hall–Kier alpha value is -11.3. The third-order valence-electron chi connectivity index (χ3n) is 13.9. The second-order valence-electron chi connectivity index (χ2n) is 18.1. The summed E-state index contributed by atoms with van der Waals surface area (Å²) in [5.41, 5.74) is 15.8. The van der Waals surface area contributed by atoms with Gasteiger partial charge >= 0.3 is 0 Å². The summed E-state index contributed by atoms with van der Waals surface area (Å²) >= 11 is 0. The van der Waals surface area contributed by atoms with E-state index >= 15 is 0 Å². The Labute approximate surface area is 425 Å². The van der Waals surface area contributed by atoms with E-state index in [1.54, 1.807) is 30.3 Å². The molecule has 0 bridgehead atoms. The summed E-state index contributed by atoms with van der Waals surface area (Å²) in [5.74, 6) is 0. The lowest BCUT2D eigenvalue weighted by Crippen LogP contribution is -2.05. The Kier molecular flexibility index (Phi) is 10.7. The molecule has 74 heavy (non-hydrogen) atoms. The van der Waals surface area contributed by atoms with Crippen LogP contribution < -0.4 is 0 Å². The molecule has 12 aromatic rings. The van der Waals surface area contributed by atoms with Gasteiger partial charge < -0.3 is 9.13 Å². The van der Waals surface area contributed by atoms with Crippen molar-refractivity contribution in [3.63, 3.8) is 0 Å². The van der Waals surface area contributed by atoms with Gasteiger partial charge in [-0.05, 0) is 153 Å². The number of fused-ring (bicyclic) bond motifs is 6. The summed E-state index contributed by atoms with van der Waals surface area (Å²) < 4.78 is 4.29. The number of hydrogen-bond acceptors (Lipinski definition) is 6. The average molecular weight is 939 g/mol. The lowest BCUT2D eigenvalue weighted by atomic mass is 9.98. The lowest BCUT2D eigenvalue weighted by molar-refractivity contribution is 1.12. The molecule has 0 aliphatic heterocycles. The molecule has 0 aliphatic rings. The highest BCUT2D eigenvalue weighted by molar-refractivity contribution is 6.13. The number of nitrogens with zero attached hydrogens (tertiary/aromatic N) is 8. The molecule has 8 nitrogen and oxygen atoms in total. The monoisotopic (exact) mass is 938 g/mol. The van der Waals surface area contributed by atoms with Crippen molar-refractivity contribution in [1.82, 2.24) is 9.13 Å². The normalized spacial score (nSPS) is 10.9. The topological polar surface area (TPSA) is 153 Å². The van der Waals surface area contributed by atoms with Gasteiger partial charge in [0.15, 0.2) is 0 Å². The van der Waals surface area contributed by atoms with Crippen LogP contribution in [0.25, 0.3) is 111 Å². The summed E-state index contributed by atoms with van der Waals surface area (Å²) in [4.78, 5) is 0. The van der Waals surface area contributed by atoms with Gasteiger partial charge in [0.25, 0.3) is 0 Å². The third-order valence-corrected chi connectivity index (χ3v) is 13.9. The molecule has 0 unspecified atom stereocenters. The van der Waals surface area contributed by atoms with Crippen molar-refractivity contribution in [1.29, 1.82) is 31.6 Å². The number of rotatable bonds is 7. The first-order chi connectivity index (χ1) is 36.4. The predicted molar refractivity (Wildman–Crippen MR) is 291 cm³/mol. The molecule has 0 saturated heterocycles. The van der Waals surface area contributed by atoms with Crippen LogP contribution in [0.5, 0.6) is 0 Å². The Morgan fingerprint density at radius 1 is 0.230 bits per heavy atom. The minimum Gasteiger partial charge on any atom is -0.308 e. The molecule has 12 rings (SSSR count). The smallest absolute Gasteiger partial charge is 0.104 e. The van der Waals surface area contributed by atoms with Gasteiger partial charge in [-0.2, -0.15) is 31.6 Å². The molecule has 0 amide bonds. The van der Waals surface area contributed by atoms with Crippen molar-refractivity contribution in [2.24, 2.45) is 0 Å². The molecular weight excluding hydrogens is 905 g/mol. The highest BCUT2D eigenvalue weighted by Crippen LogP contribution is 2.44. The first-order valence-corrected chi connectivity index (χ1v) is 23.6. The second kappa shape index (κ2) is 17.9. The molecule has 0 radical (unpaired) electrons. The Morgan fingerprint density at radius 2 is 0.473 bits per heavy atom. The summed E-state index contributed by atoms with van der Waals surface area (Å²) in [6.45, 7) is 0. The SMILES string of the molecule is N#Cc1cccc(-c2cc(-n3c4cc(-c5cccc(C#N)c5)ccc4c4ccc(-c5cccc(C#N)c5)cc43)c(C#N)c(-n3c4cc(-c5cccc(C#N)c5)ccc4c4ccc(-c5cccc(C#N)c5)cc43)c2)c1. The van der Waals surface area contributed by atoms with Crippen LogP contribution in [-0.4, -0.2) is 9.13 Å². The van der Waals surface area contributed by atoms with Gasteiger partial charge in [0.2, 0.25) is 0 Å². The lowest BCUT2D eigenvalue weighted by Gasteiger charge is -2.19. The van der Waals surface area contributed by atoms with Crippen LogP contribution in [0, 0.1) is 68.0 Å². The molecule has 0 fully saturated rings. The Morgan fingerprint density at radius 3 is 0.716 bits per heavy atom. The zero-order valence-electron chi connectivity index (χ0n) is 39.2. The molecule has 8 heteroatoms. The molecule has 0 spiro atoms. The van der Waals surface area contributed by atoms with Crippen LogP contribution in [0.1, 0.15) is 33.4 Å². The van der Waals surface area contributed by atoms with E-state index in [1.165, 1.54) is 0 Å².